The van der Waals surface area contributed by atoms with E-state index in [1.165, 1.54) is 12.0 Å². The minimum absolute atomic E-state index is 0.160. The van der Waals surface area contributed by atoms with E-state index in [9.17, 15) is 4.79 Å². The normalized spacial score (nSPS) is 17.6. The summed E-state index contributed by atoms with van der Waals surface area (Å²) >= 11 is 1.68. The van der Waals surface area contributed by atoms with E-state index in [2.05, 4.69) is 29.0 Å². The number of carbonyl (C=O) groups is 1. The van der Waals surface area contributed by atoms with Gasteiger partial charge in [-0.15, -0.1) is 0 Å². The summed E-state index contributed by atoms with van der Waals surface area (Å²) in [6, 6.07) is 16.1. The van der Waals surface area contributed by atoms with Gasteiger partial charge in [0.15, 0.2) is 5.16 Å². The first-order valence-electron chi connectivity index (χ1n) is 9.15. The average molecular weight is 366 g/mol. The number of hydrogen-bond donors (Lipinski definition) is 1. The Bertz CT molecular complexity index is 870. The van der Waals surface area contributed by atoms with Gasteiger partial charge in [0.25, 0.3) is 5.91 Å². The molecule has 2 aromatic carbocycles. The molecule has 0 aliphatic carbocycles. The molecule has 0 radical (unpaired) electrons. The molecule has 26 heavy (non-hydrogen) atoms. The predicted octanol–water partition coefficient (Wildman–Crippen LogP) is 4.73. The molecule has 1 aliphatic rings. The summed E-state index contributed by atoms with van der Waals surface area (Å²) in [6.45, 7) is 3.98. The number of benzene rings is 2. The summed E-state index contributed by atoms with van der Waals surface area (Å²) in [4.78, 5) is 22.6. The molecule has 0 spiro atoms. The van der Waals surface area contributed by atoms with Crippen molar-refractivity contribution in [1.29, 1.82) is 0 Å². The zero-order valence-corrected chi connectivity index (χ0v) is 15.8. The van der Waals surface area contributed by atoms with Gasteiger partial charge in [-0.2, -0.15) is 0 Å². The molecule has 134 valence electrons. The van der Waals surface area contributed by atoms with Crippen LogP contribution >= 0.6 is 11.8 Å². The van der Waals surface area contributed by atoms with E-state index in [1.807, 2.05) is 41.3 Å². The first kappa shape index (κ1) is 17.2. The van der Waals surface area contributed by atoms with E-state index < -0.39 is 0 Å². The lowest BCUT2D eigenvalue weighted by Crippen LogP contribution is -2.39. The van der Waals surface area contributed by atoms with Crippen LogP contribution in [0.4, 0.5) is 0 Å². The summed E-state index contributed by atoms with van der Waals surface area (Å²) in [6.07, 6.45) is 2.33. The van der Waals surface area contributed by atoms with Crippen molar-refractivity contribution in [1.82, 2.24) is 14.9 Å². The van der Waals surface area contributed by atoms with Crippen LogP contribution in [0.1, 0.15) is 35.7 Å². The van der Waals surface area contributed by atoms with Gasteiger partial charge in [-0.25, -0.2) is 4.98 Å². The molecular formula is C21H23N3OS. The van der Waals surface area contributed by atoms with Crippen LogP contribution in [0, 0.1) is 5.92 Å². The topological polar surface area (TPSA) is 49.0 Å². The first-order valence-corrected chi connectivity index (χ1v) is 10.1. The Morgan fingerprint density at radius 3 is 2.81 bits per heavy atom. The lowest BCUT2D eigenvalue weighted by atomic mass is 9.99. The molecule has 1 amide bonds. The maximum atomic E-state index is 12.6. The van der Waals surface area contributed by atoms with E-state index in [0.717, 1.165) is 47.0 Å². The van der Waals surface area contributed by atoms with E-state index >= 15 is 0 Å². The van der Waals surface area contributed by atoms with Gasteiger partial charge in [-0.3, -0.25) is 4.79 Å². The summed E-state index contributed by atoms with van der Waals surface area (Å²) in [5, 5.41) is 0.925. The third kappa shape index (κ3) is 3.78. The predicted molar refractivity (Wildman–Crippen MR) is 106 cm³/mol. The fourth-order valence-corrected chi connectivity index (χ4v) is 4.29. The van der Waals surface area contributed by atoms with Crippen molar-refractivity contribution in [3.05, 3.63) is 59.7 Å². The fraction of sp³-hybridized carbons (Fsp3) is 0.333. The average Bonchev–Trinajstić information content (AvgIpc) is 3.09. The molecule has 5 heteroatoms. The minimum Gasteiger partial charge on any atom is -0.338 e. The van der Waals surface area contributed by atoms with Crippen molar-refractivity contribution >= 4 is 28.7 Å². The largest absolute Gasteiger partial charge is 0.338 e. The van der Waals surface area contributed by atoms with Gasteiger partial charge in [0.1, 0.15) is 0 Å². The second-order valence-electron chi connectivity index (χ2n) is 7.04. The number of piperidine rings is 1. The molecule has 3 aromatic rings. The van der Waals surface area contributed by atoms with E-state index in [0.29, 0.717) is 5.92 Å². The number of hydrogen-bond acceptors (Lipinski definition) is 3. The highest BCUT2D eigenvalue weighted by molar-refractivity contribution is 7.98. The number of thioether (sulfide) groups is 1. The Labute approximate surface area is 158 Å². The molecule has 1 atom stereocenters. The molecule has 1 aliphatic heterocycles. The number of amides is 1. The van der Waals surface area contributed by atoms with Gasteiger partial charge in [-0.1, -0.05) is 43.0 Å². The van der Waals surface area contributed by atoms with Crippen LogP contribution in [-0.2, 0) is 5.75 Å². The number of nitrogens with one attached hydrogen (secondary N) is 1. The molecule has 4 nitrogen and oxygen atoms in total. The molecule has 1 saturated heterocycles. The SMILES string of the molecule is CC1CCCN(C(=O)c2ccc(CSc3nc4ccccc4[nH]3)cc2)C1. The number of para-hydroxylation sites is 2. The lowest BCUT2D eigenvalue weighted by molar-refractivity contribution is 0.0683. The Kier molecular flexibility index (Phi) is 4.98. The summed E-state index contributed by atoms with van der Waals surface area (Å²) in [7, 11) is 0. The number of aromatic amines is 1. The molecule has 1 fully saturated rings. The number of carbonyl (C=O) groups excluding carboxylic acids is 1. The Hall–Kier alpha value is -2.27. The smallest absolute Gasteiger partial charge is 0.253 e. The van der Waals surface area contributed by atoms with E-state index in [4.69, 9.17) is 0 Å². The Morgan fingerprint density at radius 2 is 2.04 bits per heavy atom. The second-order valence-corrected chi connectivity index (χ2v) is 8.01. The molecule has 0 bridgehead atoms. The number of likely N-dealkylation sites (tertiary alicyclic amines) is 1. The van der Waals surface area contributed by atoms with Crippen LogP contribution in [0.15, 0.2) is 53.7 Å². The molecule has 1 unspecified atom stereocenters. The molecule has 0 saturated carbocycles. The van der Waals surface area contributed by atoms with Crippen molar-refractivity contribution in [2.24, 2.45) is 5.92 Å². The van der Waals surface area contributed by atoms with Gasteiger partial charge in [0.2, 0.25) is 0 Å². The third-order valence-corrected chi connectivity index (χ3v) is 5.83. The van der Waals surface area contributed by atoms with E-state index in [1.54, 1.807) is 11.8 Å². The molecule has 1 aromatic heterocycles. The van der Waals surface area contributed by atoms with Crippen molar-refractivity contribution in [2.45, 2.75) is 30.7 Å². The first-order chi connectivity index (χ1) is 12.7. The zero-order chi connectivity index (χ0) is 17.9. The molecule has 1 N–H and O–H groups in total. The van der Waals surface area contributed by atoms with Crippen LogP contribution in [0.25, 0.3) is 11.0 Å². The summed E-state index contributed by atoms with van der Waals surface area (Å²) < 4.78 is 0. The maximum absolute atomic E-state index is 12.6. The Balaban J connectivity index is 1.38. The standard InChI is InChI=1S/C21H23N3OS/c1-15-5-4-12-24(13-15)20(25)17-10-8-16(9-11-17)14-26-21-22-18-6-2-3-7-19(18)23-21/h2-3,6-11,15H,4-5,12-14H2,1H3,(H,22,23). The highest BCUT2D eigenvalue weighted by atomic mass is 32.2. The number of aromatic nitrogens is 2. The second kappa shape index (κ2) is 7.54. The van der Waals surface area contributed by atoms with Gasteiger partial charge < -0.3 is 9.88 Å². The maximum Gasteiger partial charge on any atom is 0.253 e. The summed E-state index contributed by atoms with van der Waals surface area (Å²) in [5.41, 5.74) is 4.04. The number of nitrogens with zero attached hydrogens (tertiary/aromatic N) is 2. The summed E-state index contributed by atoms with van der Waals surface area (Å²) in [5.74, 6) is 1.59. The number of imidazole rings is 1. The van der Waals surface area contributed by atoms with Crippen LogP contribution < -0.4 is 0 Å². The molecule has 4 rings (SSSR count). The third-order valence-electron chi connectivity index (χ3n) is 4.89. The molecule has 2 heterocycles. The van der Waals surface area contributed by atoms with Gasteiger partial charge >= 0.3 is 0 Å². The minimum atomic E-state index is 0.160. The number of H-pyrrole nitrogens is 1. The van der Waals surface area contributed by atoms with E-state index in [-0.39, 0.29) is 5.91 Å². The number of rotatable bonds is 4. The van der Waals surface area contributed by atoms with Gasteiger partial charge in [-0.05, 0) is 48.6 Å². The van der Waals surface area contributed by atoms with Crippen molar-refractivity contribution in [2.75, 3.05) is 13.1 Å². The van der Waals surface area contributed by atoms with Crippen molar-refractivity contribution < 1.29 is 4.79 Å². The van der Waals surface area contributed by atoms with Crippen LogP contribution in [0.5, 0.6) is 0 Å². The van der Waals surface area contributed by atoms with Crippen LogP contribution in [0.3, 0.4) is 0 Å². The van der Waals surface area contributed by atoms with Crippen LogP contribution in [-0.4, -0.2) is 33.9 Å². The lowest BCUT2D eigenvalue weighted by Gasteiger charge is -2.31. The van der Waals surface area contributed by atoms with Crippen molar-refractivity contribution in [3.63, 3.8) is 0 Å². The number of fused-ring (bicyclic) bond motifs is 1. The monoisotopic (exact) mass is 365 g/mol. The zero-order valence-electron chi connectivity index (χ0n) is 14.9. The highest BCUT2D eigenvalue weighted by Gasteiger charge is 2.21. The molecular weight excluding hydrogens is 342 g/mol. The Morgan fingerprint density at radius 1 is 1.23 bits per heavy atom. The highest BCUT2D eigenvalue weighted by Crippen LogP contribution is 2.24. The van der Waals surface area contributed by atoms with Gasteiger partial charge in [0.05, 0.1) is 11.0 Å². The van der Waals surface area contributed by atoms with Crippen molar-refractivity contribution in [3.8, 4) is 0 Å². The van der Waals surface area contributed by atoms with Gasteiger partial charge in [0, 0.05) is 24.4 Å². The quantitative estimate of drug-likeness (QED) is 0.680. The van der Waals surface area contributed by atoms with Crippen LogP contribution in [0.2, 0.25) is 0 Å². The fourth-order valence-electron chi connectivity index (χ4n) is 3.45.